The molecule has 0 aromatic carbocycles. The third-order valence-corrected chi connectivity index (χ3v) is 2.53. The Hall–Kier alpha value is -2.21. The van der Waals surface area contributed by atoms with Crippen molar-refractivity contribution >= 4 is 5.97 Å². The largest absolute Gasteiger partial charge is 0.478 e. The zero-order chi connectivity index (χ0) is 13.0. The van der Waals surface area contributed by atoms with Crippen molar-refractivity contribution in [3.05, 3.63) is 42.0 Å². The van der Waals surface area contributed by atoms with Gasteiger partial charge in [-0.2, -0.15) is 5.10 Å². The van der Waals surface area contributed by atoms with Crippen molar-refractivity contribution in [2.24, 2.45) is 0 Å². The first-order valence-electron chi connectivity index (χ1n) is 5.43. The van der Waals surface area contributed by atoms with Crippen molar-refractivity contribution in [2.45, 2.75) is 6.42 Å². The molecular formula is C12H13N3O3. The van der Waals surface area contributed by atoms with Gasteiger partial charge in [0.2, 0.25) is 0 Å². The molecule has 0 radical (unpaired) electrons. The predicted molar refractivity (Wildman–Crippen MR) is 63.9 cm³/mol. The Kier molecular flexibility index (Phi) is 3.69. The van der Waals surface area contributed by atoms with Crippen LogP contribution in [0.5, 0.6) is 0 Å². The average Bonchev–Trinajstić information content (AvgIpc) is 2.81. The third kappa shape index (κ3) is 2.38. The standard InChI is InChI=1S/C12H13N3O3/c1-18-6-4-11-10(12(16)17)8-14-15(11)9-3-2-5-13-7-9/h2-3,5,7-8H,4,6H2,1H3,(H,16,17). The van der Waals surface area contributed by atoms with Crippen LogP contribution in [0.25, 0.3) is 5.69 Å². The molecule has 0 unspecified atom stereocenters. The van der Waals surface area contributed by atoms with E-state index in [1.54, 1.807) is 30.3 Å². The maximum Gasteiger partial charge on any atom is 0.339 e. The Morgan fingerprint density at radius 1 is 1.50 bits per heavy atom. The van der Waals surface area contributed by atoms with E-state index in [0.29, 0.717) is 18.7 Å². The minimum absolute atomic E-state index is 0.191. The molecule has 6 heteroatoms. The van der Waals surface area contributed by atoms with Gasteiger partial charge in [0.1, 0.15) is 5.56 Å². The van der Waals surface area contributed by atoms with E-state index in [1.807, 2.05) is 6.07 Å². The Morgan fingerprint density at radius 3 is 2.94 bits per heavy atom. The van der Waals surface area contributed by atoms with Crippen LogP contribution in [-0.4, -0.2) is 39.6 Å². The molecule has 0 aliphatic rings. The average molecular weight is 247 g/mol. The van der Waals surface area contributed by atoms with Gasteiger partial charge in [-0.15, -0.1) is 0 Å². The number of carbonyl (C=O) groups is 1. The SMILES string of the molecule is COCCc1c(C(=O)O)cnn1-c1cccnc1. The summed E-state index contributed by atoms with van der Waals surface area (Å²) >= 11 is 0. The summed E-state index contributed by atoms with van der Waals surface area (Å²) in [6, 6.07) is 3.60. The van der Waals surface area contributed by atoms with Crippen LogP contribution in [-0.2, 0) is 11.2 Å². The van der Waals surface area contributed by atoms with E-state index in [-0.39, 0.29) is 5.56 Å². The minimum Gasteiger partial charge on any atom is -0.478 e. The predicted octanol–water partition coefficient (Wildman–Crippen LogP) is 1.15. The van der Waals surface area contributed by atoms with Gasteiger partial charge in [-0.3, -0.25) is 4.98 Å². The van der Waals surface area contributed by atoms with E-state index in [0.717, 1.165) is 5.69 Å². The van der Waals surface area contributed by atoms with Crippen LogP contribution in [0.15, 0.2) is 30.7 Å². The maximum absolute atomic E-state index is 11.1. The van der Waals surface area contributed by atoms with Gasteiger partial charge in [-0.25, -0.2) is 9.48 Å². The molecule has 0 aliphatic heterocycles. The number of carboxylic acids is 1. The van der Waals surface area contributed by atoms with Crippen molar-refractivity contribution < 1.29 is 14.6 Å². The summed E-state index contributed by atoms with van der Waals surface area (Å²) in [5.74, 6) is -0.990. The molecule has 0 spiro atoms. The second-order valence-electron chi connectivity index (χ2n) is 3.68. The third-order valence-electron chi connectivity index (χ3n) is 2.53. The highest BCUT2D eigenvalue weighted by Crippen LogP contribution is 2.15. The summed E-state index contributed by atoms with van der Waals surface area (Å²) in [5.41, 5.74) is 1.53. The summed E-state index contributed by atoms with van der Waals surface area (Å²) < 4.78 is 6.57. The Bertz CT molecular complexity index is 537. The molecule has 6 nitrogen and oxygen atoms in total. The fourth-order valence-corrected chi connectivity index (χ4v) is 1.69. The number of ether oxygens (including phenoxy) is 1. The number of pyridine rings is 1. The lowest BCUT2D eigenvalue weighted by Gasteiger charge is -2.07. The van der Waals surface area contributed by atoms with Crippen molar-refractivity contribution in [1.29, 1.82) is 0 Å². The van der Waals surface area contributed by atoms with Crippen molar-refractivity contribution in [3.8, 4) is 5.69 Å². The molecule has 0 saturated carbocycles. The van der Waals surface area contributed by atoms with Crippen molar-refractivity contribution in [3.63, 3.8) is 0 Å². The highest BCUT2D eigenvalue weighted by Gasteiger charge is 2.17. The lowest BCUT2D eigenvalue weighted by atomic mass is 10.2. The molecule has 94 valence electrons. The smallest absolute Gasteiger partial charge is 0.339 e. The van der Waals surface area contributed by atoms with Crippen LogP contribution in [0.1, 0.15) is 16.1 Å². The van der Waals surface area contributed by atoms with E-state index < -0.39 is 5.97 Å². The van der Waals surface area contributed by atoms with E-state index in [4.69, 9.17) is 9.84 Å². The number of methoxy groups -OCH3 is 1. The van der Waals surface area contributed by atoms with Gasteiger partial charge in [0.15, 0.2) is 0 Å². The van der Waals surface area contributed by atoms with Crippen LogP contribution >= 0.6 is 0 Å². The molecule has 0 aliphatic carbocycles. The second-order valence-corrected chi connectivity index (χ2v) is 3.68. The van der Waals surface area contributed by atoms with Crippen LogP contribution in [0.4, 0.5) is 0 Å². The van der Waals surface area contributed by atoms with Crippen LogP contribution < -0.4 is 0 Å². The van der Waals surface area contributed by atoms with Gasteiger partial charge in [0, 0.05) is 19.7 Å². The minimum atomic E-state index is -0.990. The summed E-state index contributed by atoms with van der Waals surface area (Å²) in [4.78, 5) is 15.1. The number of hydrogen-bond donors (Lipinski definition) is 1. The molecule has 0 fully saturated rings. The van der Waals surface area contributed by atoms with E-state index in [9.17, 15) is 4.79 Å². The highest BCUT2D eigenvalue weighted by molar-refractivity contribution is 5.88. The molecule has 18 heavy (non-hydrogen) atoms. The zero-order valence-electron chi connectivity index (χ0n) is 9.91. The first kappa shape index (κ1) is 12.3. The molecule has 0 atom stereocenters. The first-order chi connectivity index (χ1) is 8.74. The number of nitrogens with zero attached hydrogens (tertiary/aromatic N) is 3. The first-order valence-corrected chi connectivity index (χ1v) is 5.43. The molecule has 0 saturated heterocycles. The van der Waals surface area contributed by atoms with Gasteiger partial charge < -0.3 is 9.84 Å². The second kappa shape index (κ2) is 5.42. The van der Waals surface area contributed by atoms with Gasteiger partial charge in [0.25, 0.3) is 0 Å². The molecule has 0 amide bonds. The Balaban J connectivity index is 2.44. The quantitative estimate of drug-likeness (QED) is 0.857. The molecule has 1 N–H and O–H groups in total. The van der Waals surface area contributed by atoms with Crippen LogP contribution in [0, 0.1) is 0 Å². The maximum atomic E-state index is 11.1. The Labute approximate surface area is 104 Å². The number of aromatic carboxylic acids is 1. The van der Waals surface area contributed by atoms with E-state index in [2.05, 4.69) is 10.1 Å². The van der Waals surface area contributed by atoms with Gasteiger partial charge in [0.05, 0.1) is 30.4 Å². The summed E-state index contributed by atoms with van der Waals surface area (Å²) in [6.45, 7) is 0.437. The number of aromatic nitrogens is 3. The Morgan fingerprint density at radius 2 is 2.33 bits per heavy atom. The molecule has 2 aromatic rings. The van der Waals surface area contributed by atoms with E-state index in [1.165, 1.54) is 6.20 Å². The fraction of sp³-hybridized carbons (Fsp3) is 0.250. The summed E-state index contributed by atoms with van der Waals surface area (Å²) in [7, 11) is 1.57. The van der Waals surface area contributed by atoms with Crippen LogP contribution in [0.3, 0.4) is 0 Å². The van der Waals surface area contributed by atoms with E-state index >= 15 is 0 Å². The molecule has 2 rings (SSSR count). The summed E-state index contributed by atoms with van der Waals surface area (Å²) in [5, 5.41) is 13.2. The number of hydrogen-bond acceptors (Lipinski definition) is 4. The normalized spacial score (nSPS) is 10.5. The summed E-state index contributed by atoms with van der Waals surface area (Å²) in [6.07, 6.45) is 5.11. The topological polar surface area (TPSA) is 77.2 Å². The molecule has 2 aromatic heterocycles. The molecule has 0 bridgehead atoms. The monoisotopic (exact) mass is 247 g/mol. The zero-order valence-corrected chi connectivity index (χ0v) is 9.91. The molecular weight excluding hydrogens is 234 g/mol. The van der Waals surface area contributed by atoms with Gasteiger partial charge in [-0.05, 0) is 12.1 Å². The molecule has 2 heterocycles. The fourth-order valence-electron chi connectivity index (χ4n) is 1.69. The lowest BCUT2D eigenvalue weighted by Crippen LogP contribution is -2.09. The van der Waals surface area contributed by atoms with Crippen molar-refractivity contribution in [2.75, 3.05) is 13.7 Å². The van der Waals surface area contributed by atoms with Crippen LogP contribution in [0.2, 0.25) is 0 Å². The van der Waals surface area contributed by atoms with Crippen molar-refractivity contribution in [1.82, 2.24) is 14.8 Å². The number of rotatable bonds is 5. The highest BCUT2D eigenvalue weighted by atomic mass is 16.5. The van der Waals surface area contributed by atoms with Gasteiger partial charge in [-0.1, -0.05) is 0 Å². The lowest BCUT2D eigenvalue weighted by molar-refractivity contribution is 0.0695. The number of carboxylic acid groups (broad SMARTS) is 1. The van der Waals surface area contributed by atoms with Gasteiger partial charge >= 0.3 is 5.97 Å².